The highest BCUT2D eigenvalue weighted by Crippen LogP contribution is 2.27. The Labute approximate surface area is 145 Å². The number of nitrogens with zero attached hydrogens (tertiary/aromatic N) is 1. The van der Waals surface area contributed by atoms with Crippen LogP contribution < -0.4 is 10.2 Å². The Hall–Kier alpha value is -2.28. The molecule has 0 aliphatic carbocycles. The van der Waals surface area contributed by atoms with E-state index in [4.69, 9.17) is 0 Å². The fraction of sp³-hybridized carbons (Fsp3) is 0.176. The topological polar surface area (TPSA) is 49.4 Å². The number of halogens is 3. The fourth-order valence-corrected chi connectivity index (χ4v) is 2.91. The first-order valence-electron chi connectivity index (χ1n) is 7.26. The number of hydrogen-bond acceptors (Lipinski definition) is 2. The van der Waals surface area contributed by atoms with Crippen LogP contribution in [-0.4, -0.2) is 18.4 Å². The van der Waals surface area contributed by atoms with Gasteiger partial charge in [0.25, 0.3) is 0 Å². The summed E-state index contributed by atoms with van der Waals surface area (Å²) in [6, 6.07) is 9.81. The van der Waals surface area contributed by atoms with E-state index in [9.17, 15) is 18.4 Å². The lowest BCUT2D eigenvalue weighted by Gasteiger charge is -2.16. The van der Waals surface area contributed by atoms with Gasteiger partial charge in [0.05, 0.1) is 11.6 Å². The Balaban J connectivity index is 1.70. The van der Waals surface area contributed by atoms with Gasteiger partial charge < -0.3 is 10.2 Å². The molecule has 0 saturated carbocycles. The quantitative estimate of drug-likeness (QED) is 0.862. The van der Waals surface area contributed by atoms with Crippen molar-refractivity contribution in [3.63, 3.8) is 0 Å². The summed E-state index contributed by atoms with van der Waals surface area (Å²) in [6.45, 7) is 0.175. The van der Waals surface area contributed by atoms with Crippen molar-refractivity contribution in [2.75, 3.05) is 16.8 Å². The lowest BCUT2D eigenvalue weighted by Crippen LogP contribution is -2.28. The third-order valence-electron chi connectivity index (χ3n) is 3.82. The molecule has 1 N–H and O–H groups in total. The summed E-state index contributed by atoms with van der Waals surface area (Å²) < 4.78 is 27.3. The standard InChI is InChI=1S/C17H13BrF2N2O2/c18-11-1-6-15(14(20)8-11)21-17(24)10-7-16(23)22(9-10)13-4-2-12(19)3-5-13/h1-6,8,10H,7,9H2,(H,21,24)/t10-/m1/s1. The van der Waals surface area contributed by atoms with E-state index in [-0.39, 0.29) is 24.6 Å². The fourth-order valence-electron chi connectivity index (χ4n) is 2.58. The van der Waals surface area contributed by atoms with Crippen molar-refractivity contribution in [3.8, 4) is 0 Å². The van der Waals surface area contributed by atoms with Crippen LogP contribution in [0.1, 0.15) is 6.42 Å². The molecule has 1 heterocycles. The molecule has 1 fully saturated rings. The average molecular weight is 395 g/mol. The average Bonchev–Trinajstić information content (AvgIpc) is 2.93. The molecule has 0 spiro atoms. The van der Waals surface area contributed by atoms with Crippen molar-refractivity contribution in [1.82, 2.24) is 0 Å². The second-order valence-corrected chi connectivity index (χ2v) is 6.41. The van der Waals surface area contributed by atoms with Crippen LogP contribution in [-0.2, 0) is 9.59 Å². The van der Waals surface area contributed by atoms with Gasteiger partial charge in [-0.1, -0.05) is 15.9 Å². The predicted octanol–water partition coefficient (Wildman–Crippen LogP) is 3.72. The third kappa shape index (κ3) is 3.46. The van der Waals surface area contributed by atoms with Crippen LogP contribution in [0, 0.1) is 17.6 Å². The number of rotatable bonds is 3. The van der Waals surface area contributed by atoms with Crippen molar-refractivity contribution < 1.29 is 18.4 Å². The van der Waals surface area contributed by atoms with E-state index >= 15 is 0 Å². The van der Waals surface area contributed by atoms with E-state index in [0.29, 0.717) is 10.2 Å². The van der Waals surface area contributed by atoms with Crippen LogP contribution in [0.4, 0.5) is 20.2 Å². The van der Waals surface area contributed by atoms with Gasteiger partial charge in [-0.2, -0.15) is 0 Å². The number of carbonyl (C=O) groups excluding carboxylic acids is 2. The second kappa shape index (κ2) is 6.68. The lowest BCUT2D eigenvalue weighted by atomic mass is 10.1. The number of benzene rings is 2. The van der Waals surface area contributed by atoms with Crippen LogP contribution in [0.25, 0.3) is 0 Å². The van der Waals surface area contributed by atoms with E-state index < -0.39 is 23.5 Å². The number of carbonyl (C=O) groups is 2. The molecule has 1 atom stereocenters. The number of nitrogens with one attached hydrogen (secondary N) is 1. The minimum absolute atomic E-state index is 0.0291. The summed E-state index contributed by atoms with van der Waals surface area (Å²) in [5.74, 6) is -2.19. The van der Waals surface area contributed by atoms with Crippen molar-refractivity contribution in [2.45, 2.75) is 6.42 Å². The van der Waals surface area contributed by atoms with Gasteiger partial charge in [-0.15, -0.1) is 0 Å². The van der Waals surface area contributed by atoms with Gasteiger partial charge in [-0.25, -0.2) is 8.78 Å². The Kier molecular flexibility index (Phi) is 4.62. The molecule has 1 aliphatic heterocycles. The third-order valence-corrected chi connectivity index (χ3v) is 4.32. The molecule has 2 aromatic carbocycles. The molecule has 2 amide bonds. The summed E-state index contributed by atoms with van der Waals surface area (Å²) in [5.41, 5.74) is 0.599. The van der Waals surface area contributed by atoms with E-state index in [1.807, 2.05) is 0 Å². The maximum absolute atomic E-state index is 13.8. The first kappa shape index (κ1) is 16.6. The van der Waals surface area contributed by atoms with Gasteiger partial charge in [0.15, 0.2) is 0 Å². The molecule has 0 radical (unpaired) electrons. The van der Waals surface area contributed by atoms with Gasteiger partial charge in [0.1, 0.15) is 11.6 Å². The molecular weight excluding hydrogens is 382 g/mol. The van der Waals surface area contributed by atoms with Crippen LogP contribution >= 0.6 is 15.9 Å². The van der Waals surface area contributed by atoms with Crippen molar-refractivity contribution in [1.29, 1.82) is 0 Å². The molecule has 3 rings (SSSR count). The lowest BCUT2D eigenvalue weighted by molar-refractivity contribution is -0.122. The van der Waals surface area contributed by atoms with Gasteiger partial charge >= 0.3 is 0 Å². The summed E-state index contributed by atoms with van der Waals surface area (Å²) in [6.07, 6.45) is 0.0291. The molecule has 2 aromatic rings. The highest BCUT2D eigenvalue weighted by atomic mass is 79.9. The number of anilines is 2. The van der Waals surface area contributed by atoms with Crippen molar-refractivity contribution in [2.24, 2.45) is 5.92 Å². The minimum Gasteiger partial charge on any atom is -0.323 e. The molecule has 0 bridgehead atoms. The SMILES string of the molecule is O=C(Nc1ccc(Br)cc1F)[C@@H]1CC(=O)N(c2ccc(F)cc2)C1. The Morgan fingerprint density at radius 2 is 1.88 bits per heavy atom. The summed E-state index contributed by atoms with van der Waals surface area (Å²) in [7, 11) is 0. The van der Waals surface area contributed by atoms with Gasteiger partial charge in [-0.3, -0.25) is 9.59 Å². The molecule has 0 unspecified atom stereocenters. The molecular formula is C17H13BrF2N2O2. The van der Waals surface area contributed by atoms with Crippen molar-refractivity contribution in [3.05, 3.63) is 58.6 Å². The molecule has 0 aromatic heterocycles. The van der Waals surface area contributed by atoms with Crippen LogP contribution in [0.15, 0.2) is 46.9 Å². The maximum Gasteiger partial charge on any atom is 0.229 e. The molecule has 1 aliphatic rings. The Morgan fingerprint density at radius 1 is 1.17 bits per heavy atom. The van der Waals surface area contributed by atoms with E-state index in [2.05, 4.69) is 21.2 Å². The second-order valence-electron chi connectivity index (χ2n) is 5.50. The smallest absolute Gasteiger partial charge is 0.229 e. The zero-order chi connectivity index (χ0) is 17.3. The monoisotopic (exact) mass is 394 g/mol. The minimum atomic E-state index is -0.592. The Bertz CT molecular complexity index is 796. The van der Waals surface area contributed by atoms with Crippen LogP contribution in [0.3, 0.4) is 0 Å². The van der Waals surface area contributed by atoms with Crippen LogP contribution in [0.2, 0.25) is 0 Å². The van der Waals surface area contributed by atoms with E-state index in [1.54, 1.807) is 6.07 Å². The van der Waals surface area contributed by atoms with Gasteiger partial charge in [0, 0.05) is 23.1 Å². The number of amides is 2. The first-order chi connectivity index (χ1) is 11.4. The molecule has 1 saturated heterocycles. The van der Waals surface area contributed by atoms with E-state index in [0.717, 1.165) is 0 Å². The first-order valence-corrected chi connectivity index (χ1v) is 8.05. The highest BCUT2D eigenvalue weighted by molar-refractivity contribution is 9.10. The zero-order valence-electron chi connectivity index (χ0n) is 12.4. The van der Waals surface area contributed by atoms with Gasteiger partial charge in [0.2, 0.25) is 11.8 Å². The molecule has 4 nitrogen and oxygen atoms in total. The molecule has 124 valence electrons. The number of hydrogen-bond donors (Lipinski definition) is 1. The maximum atomic E-state index is 13.8. The normalized spacial score (nSPS) is 17.2. The largest absolute Gasteiger partial charge is 0.323 e. The van der Waals surface area contributed by atoms with Gasteiger partial charge in [-0.05, 0) is 42.5 Å². The highest BCUT2D eigenvalue weighted by Gasteiger charge is 2.35. The van der Waals surface area contributed by atoms with Crippen LogP contribution in [0.5, 0.6) is 0 Å². The Morgan fingerprint density at radius 3 is 2.54 bits per heavy atom. The van der Waals surface area contributed by atoms with Crippen molar-refractivity contribution >= 4 is 39.1 Å². The predicted molar refractivity (Wildman–Crippen MR) is 89.6 cm³/mol. The summed E-state index contributed by atoms with van der Waals surface area (Å²) >= 11 is 3.14. The zero-order valence-corrected chi connectivity index (χ0v) is 14.0. The summed E-state index contributed by atoms with van der Waals surface area (Å²) in [4.78, 5) is 25.8. The van der Waals surface area contributed by atoms with E-state index in [1.165, 1.54) is 41.3 Å². The molecule has 24 heavy (non-hydrogen) atoms. The molecule has 7 heteroatoms. The summed E-state index contributed by atoms with van der Waals surface area (Å²) in [5, 5.41) is 2.51.